The maximum Gasteiger partial charge on any atom is 0.237 e. The van der Waals surface area contributed by atoms with Gasteiger partial charge in [0.05, 0.1) is 22.7 Å². The van der Waals surface area contributed by atoms with E-state index >= 15 is 0 Å². The van der Waals surface area contributed by atoms with Crippen LogP contribution in [0.25, 0.3) is 0 Å². The minimum atomic E-state index is -1.30. The normalized spacial score (nSPS) is 19.7. The van der Waals surface area contributed by atoms with Gasteiger partial charge in [0.25, 0.3) is 0 Å². The molecule has 4 saturated heterocycles. The monoisotopic (exact) mass is 1380 g/mol. The lowest BCUT2D eigenvalue weighted by Gasteiger charge is -2.18. The second-order valence-corrected chi connectivity index (χ2v) is 23.5. The first-order valence-corrected chi connectivity index (χ1v) is 30.5. The van der Waals surface area contributed by atoms with Crippen molar-refractivity contribution < 1.29 is 86.7 Å². The fourth-order valence-corrected chi connectivity index (χ4v) is 11.5. The zero-order valence-electron chi connectivity index (χ0n) is 52.4. The summed E-state index contributed by atoms with van der Waals surface area (Å²) < 4.78 is 148. The van der Waals surface area contributed by atoms with E-state index in [0.29, 0.717) is 30.2 Å². The van der Waals surface area contributed by atoms with E-state index in [0.717, 1.165) is 70.9 Å². The van der Waals surface area contributed by atoms with Crippen molar-refractivity contribution >= 4 is 70.0 Å². The molecule has 0 saturated carbocycles. The Labute approximate surface area is 557 Å². The molecule has 8 aromatic rings. The van der Waals surface area contributed by atoms with Gasteiger partial charge in [-0.3, -0.25) is 43.3 Å². The number of hydrogen-bond acceptors (Lipinski definition) is 9. The molecule has 4 aliphatic rings. The van der Waals surface area contributed by atoms with Gasteiger partial charge in [0.2, 0.25) is 47.3 Å². The molecule has 12 rings (SSSR count). The first kappa shape index (κ1) is 72.0. The largest absolute Gasteiger partial charge is 0.355 e. The molecule has 4 aliphatic heterocycles. The van der Waals surface area contributed by atoms with Crippen LogP contribution in [0.4, 0.5) is 71.0 Å². The zero-order chi connectivity index (χ0) is 71.5. The van der Waals surface area contributed by atoms with E-state index in [4.69, 9.17) is 0 Å². The summed E-state index contributed by atoms with van der Waals surface area (Å²) in [6.07, 6.45) is 1.61. The number of halogens is 11. The standard InChI is InChI=1S/C20H20F2N2O2.C17H12F4N2O2.C17H13F3N2O2.C17H15F2N3O2/c1-11(2)12-5-3-6-13(9-12)14-10-23-19(25)17(14)20(26)24-16-8-4-7-15(21)18(16)22;18-9-1-2-14(13(21)6-9)23-17(25)15-12(7-22-16(15)24)8-3-10(19)5-11(20)4-8;18-11-6-5-9(7-13(11)20)10-8-21-16(23)15(10)17(24)22-14-4-2-1-3-12(14)19;1-9-5-6-10(7-20-9)11-8-21-16(23)14(11)17(24)22-13-4-2-3-12(18)15(13)19/h3-9,11,14,17H,10H2,1-2H3,(H,23,25)(H,24,26);1-6,12,15H,7H2,(H,22,24)(H,23,25);1-7,10,15H,8H2,(H,21,23)(H,22,24);2-7,11,14H,8H2,1H3,(H,21,23)(H,22,24). The van der Waals surface area contributed by atoms with Gasteiger partial charge in [0.15, 0.2) is 34.9 Å². The summed E-state index contributed by atoms with van der Waals surface area (Å²) in [7, 11) is 0. The Balaban J connectivity index is 0.000000154. The number of benzene rings is 7. The third-order valence-electron chi connectivity index (χ3n) is 16.6. The molecule has 8 amide bonds. The van der Waals surface area contributed by atoms with Crippen LogP contribution in [0.3, 0.4) is 0 Å². The molecule has 1 aromatic heterocycles. The number of hydrogen-bond donors (Lipinski definition) is 8. The van der Waals surface area contributed by atoms with Crippen molar-refractivity contribution in [3.8, 4) is 0 Å². The summed E-state index contributed by atoms with van der Waals surface area (Å²) in [4.78, 5) is 102. The average molecular weight is 1380 g/mol. The lowest BCUT2D eigenvalue weighted by Crippen LogP contribution is -2.32. The van der Waals surface area contributed by atoms with Gasteiger partial charge in [0, 0.05) is 73.9 Å². The number of amides is 8. The van der Waals surface area contributed by atoms with Crippen molar-refractivity contribution in [2.24, 2.45) is 23.7 Å². The van der Waals surface area contributed by atoms with Gasteiger partial charge >= 0.3 is 0 Å². The highest BCUT2D eigenvalue weighted by Crippen LogP contribution is 2.36. The Kier molecular flexibility index (Phi) is 23.0. The van der Waals surface area contributed by atoms with Crippen LogP contribution < -0.4 is 42.5 Å². The van der Waals surface area contributed by atoms with Crippen molar-refractivity contribution in [1.29, 1.82) is 0 Å². The number of carbonyl (C=O) groups is 8. The molecule has 8 unspecified atom stereocenters. The molecule has 0 aliphatic carbocycles. The maximum atomic E-state index is 13.8. The quantitative estimate of drug-likeness (QED) is 0.0404. The predicted molar refractivity (Wildman–Crippen MR) is 339 cm³/mol. The smallest absolute Gasteiger partial charge is 0.237 e. The summed E-state index contributed by atoms with van der Waals surface area (Å²) in [6, 6.07) is 32.4. The van der Waals surface area contributed by atoms with Gasteiger partial charge in [0.1, 0.15) is 52.8 Å². The number of aryl methyl sites for hydroxylation is 1. The number of nitrogens with one attached hydrogen (secondary N) is 8. The number of nitrogens with zero attached hydrogens (tertiary/aromatic N) is 1. The number of para-hydroxylation sites is 1. The van der Waals surface area contributed by atoms with Gasteiger partial charge in [-0.15, -0.1) is 0 Å². The summed E-state index contributed by atoms with van der Waals surface area (Å²) in [5, 5.41) is 19.5. The van der Waals surface area contributed by atoms with Crippen molar-refractivity contribution in [1.82, 2.24) is 26.3 Å². The number of rotatable bonds is 13. The molecule has 7 aromatic carbocycles. The lowest BCUT2D eigenvalue weighted by atomic mass is 9.86. The maximum absolute atomic E-state index is 13.8. The van der Waals surface area contributed by atoms with Crippen LogP contribution in [0, 0.1) is 94.6 Å². The molecule has 17 nitrogen and oxygen atoms in total. The summed E-state index contributed by atoms with van der Waals surface area (Å²) >= 11 is 0. The third kappa shape index (κ3) is 17.3. The molecule has 8 N–H and O–H groups in total. The van der Waals surface area contributed by atoms with E-state index in [1.54, 1.807) is 24.4 Å². The SMILES string of the molecule is CC(C)c1cccc(C2CNC(=O)C2C(=O)Nc2cccc(F)c2F)c1.Cc1ccc(C2CNC(=O)C2C(=O)Nc2cccc(F)c2F)cn1.O=C1NCC(c2cc(F)cc(F)c2)C1C(=O)Nc1ccc(F)cc1F.O=C1NCC(c2ccc(F)c(F)c2)C1C(=O)Nc1ccccc1F. The fraction of sp³-hybridized carbons (Fsp3) is 0.225. The molecule has 0 spiro atoms. The van der Waals surface area contributed by atoms with Crippen LogP contribution in [-0.2, 0) is 38.4 Å². The van der Waals surface area contributed by atoms with E-state index in [2.05, 4.69) is 61.4 Å². The van der Waals surface area contributed by atoms with Crippen molar-refractivity contribution in [2.45, 2.75) is 50.4 Å². The van der Waals surface area contributed by atoms with Crippen LogP contribution in [0.15, 0.2) is 158 Å². The minimum absolute atomic E-state index is 0.00567. The minimum Gasteiger partial charge on any atom is -0.355 e. The van der Waals surface area contributed by atoms with Crippen LogP contribution in [0.2, 0.25) is 0 Å². The Morgan fingerprint density at radius 2 is 0.788 bits per heavy atom. The van der Waals surface area contributed by atoms with E-state index in [9.17, 15) is 86.7 Å². The van der Waals surface area contributed by atoms with Gasteiger partial charge in [-0.25, -0.2) is 48.3 Å². The van der Waals surface area contributed by atoms with E-state index in [1.807, 2.05) is 31.2 Å². The molecule has 8 atom stereocenters. The number of carbonyl (C=O) groups excluding carboxylic acids is 8. The summed E-state index contributed by atoms with van der Waals surface area (Å²) in [6.45, 7) is 6.68. The van der Waals surface area contributed by atoms with E-state index in [1.165, 1.54) is 48.5 Å². The molecule has 28 heteroatoms. The zero-order valence-corrected chi connectivity index (χ0v) is 52.4. The van der Waals surface area contributed by atoms with Crippen LogP contribution in [0.1, 0.15) is 76.9 Å². The molecular formula is C71H60F11N9O8. The van der Waals surface area contributed by atoms with Gasteiger partial charge in [-0.05, 0) is 120 Å². The second kappa shape index (κ2) is 31.7. The lowest BCUT2D eigenvalue weighted by molar-refractivity contribution is -0.132. The highest BCUT2D eigenvalue weighted by Gasteiger charge is 2.45. The molecule has 99 heavy (non-hydrogen) atoms. The van der Waals surface area contributed by atoms with Crippen molar-refractivity contribution in [2.75, 3.05) is 47.4 Å². The number of pyridine rings is 1. The summed E-state index contributed by atoms with van der Waals surface area (Å²) in [5.41, 5.74) is 3.08. The van der Waals surface area contributed by atoms with E-state index < -0.39 is 153 Å². The molecule has 514 valence electrons. The Hall–Kier alpha value is -11.3. The van der Waals surface area contributed by atoms with Crippen LogP contribution >= 0.6 is 0 Å². The predicted octanol–water partition coefficient (Wildman–Crippen LogP) is 11.0. The summed E-state index contributed by atoms with van der Waals surface area (Å²) in [5.74, 6) is -22.0. The topological polar surface area (TPSA) is 246 Å². The first-order valence-electron chi connectivity index (χ1n) is 30.5. The number of aromatic nitrogens is 1. The van der Waals surface area contributed by atoms with Gasteiger partial charge < -0.3 is 42.5 Å². The molecule has 0 radical (unpaired) electrons. The Bertz CT molecular complexity index is 4400. The van der Waals surface area contributed by atoms with Gasteiger partial charge in [-0.1, -0.05) is 74.5 Å². The average Bonchev–Trinajstić information content (AvgIpc) is 1.74. The highest BCUT2D eigenvalue weighted by atomic mass is 19.2. The molecule has 5 heterocycles. The third-order valence-corrected chi connectivity index (χ3v) is 16.6. The van der Waals surface area contributed by atoms with Gasteiger partial charge in [-0.2, -0.15) is 0 Å². The second-order valence-electron chi connectivity index (χ2n) is 23.5. The molecule has 4 fully saturated rings. The molecular weight excluding hydrogens is 1320 g/mol. The Morgan fingerprint density at radius 1 is 0.374 bits per heavy atom. The first-order chi connectivity index (χ1) is 47.2. The number of anilines is 4. The Morgan fingerprint density at radius 3 is 1.24 bits per heavy atom. The van der Waals surface area contributed by atoms with E-state index in [-0.39, 0.29) is 53.9 Å². The van der Waals surface area contributed by atoms with Crippen LogP contribution in [0.5, 0.6) is 0 Å². The highest BCUT2D eigenvalue weighted by molar-refractivity contribution is 6.11. The van der Waals surface area contributed by atoms with Crippen molar-refractivity contribution in [3.63, 3.8) is 0 Å². The van der Waals surface area contributed by atoms with Crippen molar-refractivity contribution in [3.05, 3.63) is 255 Å². The molecule has 0 bridgehead atoms. The van der Waals surface area contributed by atoms with Crippen LogP contribution in [-0.4, -0.2) is 78.4 Å². The fourth-order valence-electron chi connectivity index (χ4n) is 11.5.